The summed E-state index contributed by atoms with van der Waals surface area (Å²) in [4.78, 5) is 45.8. The third kappa shape index (κ3) is 3.58. The van der Waals surface area contributed by atoms with Crippen molar-refractivity contribution in [2.75, 3.05) is 16.8 Å². The highest BCUT2D eigenvalue weighted by atomic mass is 32.1. The van der Waals surface area contributed by atoms with Crippen LogP contribution in [0.1, 0.15) is 5.56 Å². The maximum atomic E-state index is 13.5. The first-order valence-corrected chi connectivity index (χ1v) is 11.7. The average molecular weight is 480 g/mol. The molecule has 9 heteroatoms. The molecule has 3 heterocycles. The minimum absolute atomic E-state index is 0.179. The highest BCUT2D eigenvalue weighted by Crippen LogP contribution is 2.35. The molecule has 1 aliphatic rings. The fourth-order valence-electron chi connectivity index (χ4n) is 4.12. The molecule has 0 bridgehead atoms. The molecule has 0 radical (unpaired) electrons. The Morgan fingerprint density at radius 1 is 0.886 bits per heavy atom. The van der Waals surface area contributed by atoms with Gasteiger partial charge in [0.15, 0.2) is 5.82 Å². The first-order chi connectivity index (χ1) is 17.1. The third-order valence-electron chi connectivity index (χ3n) is 5.70. The molecule has 2 aromatic heterocycles. The predicted octanol–water partition coefficient (Wildman–Crippen LogP) is 2.72. The Bertz CT molecular complexity index is 1710. The van der Waals surface area contributed by atoms with Crippen molar-refractivity contribution < 1.29 is 9.59 Å². The lowest BCUT2D eigenvalue weighted by atomic mass is 10.1. The van der Waals surface area contributed by atoms with E-state index in [2.05, 4.69) is 15.4 Å². The lowest BCUT2D eigenvalue weighted by Gasteiger charge is -2.16. The number of nitrogens with zero attached hydrogens (tertiary/aromatic N) is 4. The van der Waals surface area contributed by atoms with Crippen LogP contribution in [0.25, 0.3) is 21.9 Å². The molecule has 1 N–H and O–H groups in total. The number of benzene rings is 3. The summed E-state index contributed by atoms with van der Waals surface area (Å²) >= 11 is 1.12. The zero-order chi connectivity index (χ0) is 23.9. The van der Waals surface area contributed by atoms with Crippen molar-refractivity contribution in [3.63, 3.8) is 0 Å². The Morgan fingerprint density at radius 2 is 1.57 bits per heavy atom. The van der Waals surface area contributed by atoms with E-state index in [0.29, 0.717) is 27.7 Å². The van der Waals surface area contributed by atoms with Crippen LogP contribution < -0.4 is 20.3 Å². The van der Waals surface area contributed by atoms with Gasteiger partial charge in [0.1, 0.15) is 11.1 Å². The number of fused-ring (bicyclic) bond motifs is 2. The van der Waals surface area contributed by atoms with Gasteiger partial charge in [0.2, 0.25) is 10.9 Å². The number of carbonyl (C=O) groups excluding carboxylic acids is 2. The second kappa shape index (κ2) is 8.30. The van der Waals surface area contributed by atoms with Gasteiger partial charge in [0, 0.05) is 16.8 Å². The van der Waals surface area contributed by atoms with E-state index < -0.39 is 11.5 Å². The Kier molecular flexibility index (Phi) is 4.97. The van der Waals surface area contributed by atoms with Gasteiger partial charge in [-0.05, 0) is 18.2 Å². The molecule has 5 aromatic rings. The quantitative estimate of drug-likeness (QED) is 0.428. The van der Waals surface area contributed by atoms with Crippen molar-refractivity contribution in [2.45, 2.75) is 0 Å². The molecule has 8 nitrogen and oxygen atoms in total. The third-order valence-corrected chi connectivity index (χ3v) is 6.73. The van der Waals surface area contributed by atoms with Crippen molar-refractivity contribution in [3.05, 3.63) is 105 Å². The molecule has 0 atom stereocenters. The molecular formula is C26H17N5O3S. The maximum absolute atomic E-state index is 13.5. The number of nitrogens with one attached hydrogen (secondary N) is 1. The molecule has 35 heavy (non-hydrogen) atoms. The Hall–Kier alpha value is -4.63. The van der Waals surface area contributed by atoms with E-state index in [0.717, 1.165) is 16.9 Å². The first kappa shape index (κ1) is 20.9. The van der Waals surface area contributed by atoms with E-state index >= 15 is 0 Å². The Balaban J connectivity index is 1.41. The summed E-state index contributed by atoms with van der Waals surface area (Å²) in [6, 6.07) is 25.6. The SMILES string of the molecule is O=C(CN1C(=O)C(=c2sc3nc(-c4ccccc4)nn3c2=O)c2ccccc21)Nc1ccccc1. The number of amides is 2. The molecule has 3 aromatic carbocycles. The van der Waals surface area contributed by atoms with Crippen LogP contribution in [0.5, 0.6) is 0 Å². The van der Waals surface area contributed by atoms with E-state index in [1.807, 2.05) is 48.5 Å². The number of carbonyl (C=O) groups is 2. The van der Waals surface area contributed by atoms with Crippen LogP contribution in [0.15, 0.2) is 89.7 Å². The average Bonchev–Trinajstić information content (AvgIpc) is 3.51. The van der Waals surface area contributed by atoms with E-state index in [1.165, 1.54) is 9.42 Å². The smallest absolute Gasteiger partial charge is 0.291 e. The number of anilines is 2. The topological polar surface area (TPSA) is 96.7 Å². The van der Waals surface area contributed by atoms with Crippen molar-refractivity contribution in [1.29, 1.82) is 0 Å². The predicted molar refractivity (Wildman–Crippen MR) is 134 cm³/mol. The molecular weight excluding hydrogens is 462 g/mol. The van der Waals surface area contributed by atoms with Gasteiger partial charge < -0.3 is 5.32 Å². The summed E-state index contributed by atoms with van der Waals surface area (Å²) in [7, 11) is 0. The molecule has 170 valence electrons. The van der Waals surface area contributed by atoms with Crippen LogP contribution in [0, 0.1) is 0 Å². The lowest BCUT2D eigenvalue weighted by molar-refractivity contribution is -0.118. The van der Waals surface area contributed by atoms with Crippen LogP contribution in [-0.2, 0) is 9.59 Å². The summed E-state index contributed by atoms with van der Waals surface area (Å²) in [5, 5.41) is 7.17. The van der Waals surface area contributed by atoms with E-state index in [1.54, 1.807) is 36.4 Å². The standard InChI is InChI=1S/C26H17N5O3S/c32-20(27-17-11-5-2-6-12-17)15-30-19-14-8-7-13-18(19)21(24(30)33)22-25(34)31-26(35-22)28-23(29-31)16-9-3-1-4-10-16/h1-14H,15H2,(H,27,32). The highest BCUT2D eigenvalue weighted by Gasteiger charge is 2.35. The lowest BCUT2D eigenvalue weighted by Crippen LogP contribution is -2.37. The molecule has 1 aliphatic heterocycles. The number of rotatable bonds is 4. The number of hydrogen-bond donors (Lipinski definition) is 1. The molecule has 2 amide bonds. The zero-order valence-corrected chi connectivity index (χ0v) is 19.0. The van der Waals surface area contributed by atoms with Gasteiger partial charge in [0.05, 0.1) is 11.3 Å². The molecule has 0 spiro atoms. The van der Waals surface area contributed by atoms with Crippen molar-refractivity contribution in [3.8, 4) is 11.4 Å². The fourth-order valence-corrected chi connectivity index (χ4v) is 5.11. The number of para-hydroxylation sites is 2. The van der Waals surface area contributed by atoms with Gasteiger partial charge in [-0.15, -0.1) is 5.10 Å². The van der Waals surface area contributed by atoms with E-state index in [4.69, 9.17) is 0 Å². The molecule has 0 unspecified atom stereocenters. The van der Waals surface area contributed by atoms with Crippen molar-refractivity contribution in [2.24, 2.45) is 0 Å². The number of hydrogen-bond acceptors (Lipinski definition) is 6. The maximum Gasteiger partial charge on any atom is 0.291 e. The van der Waals surface area contributed by atoms with Gasteiger partial charge >= 0.3 is 0 Å². The molecule has 0 saturated carbocycles. The van der Waals surface area contributed by atoms with Gasteiger partial charge in [-0.2, -0.15) is 9.50 Å². The Morgan fingerprint density at radius 3 is 2.31 bits per heavy atom. The monoisotopic (exact) mass is 479 g/mol. The summed E-state index contributed by atoms with van der Waals surface area (Å²) in [6.45, 7) is -0.179. The molecule has 0 aliphatic carbocycles. The van der Waals surface area contributed by atoms with Crippen LogP contribution in [-0.4, -0.2) is 33.0 Å². The molecule has 0 saturated heterocycles. The molecule has 6 rings (SSSR count). The fraction of sp³-hybridized carbons (Fsp3) is 0.0385. The normalized spacial score (nSPS) is 14.4. The second-order valence-electron chi connectivity index (χ2n) is 7.93. The minimum atomic E-state index is -0.409. The van der Waals surface area contributed by atoms with Crippen LogP contribution in [0.2, 0.25) is 0 Å². The summed E-state index contributed by atoms with van der Waals surface area (Å²) < 4.78 is 1.48. The number of aromatic nitrogens is 3. The largest absolute Gasteiger partial charge is 0.325 e. The minimum Gasteiger partial charge on any atom is -0.325 e. The van der Waals surface area contributed by atoms with Gasteiger partial charge in [0.25, 0.3) is 11.5 Å². The van der Waals surface area contributed by atoms with E-state index in [9.17, 15) is 14.4 Å². The van der Waals surface area contributed by atoms with Gasteiger partial charge in [-0.1, -0.05) is 78.1 Å². The van der Waals surface area contributed by atoms with E-state index in [-0.39, 0.29) is 22.6 Å². The molecule has 0 fully saturated rings. The van der Waals surface area contributed by atoms with Crippen LogP contribution in [0.4, 0.5) is 11.4 Å². The van der Waals surface area contributed by atoms with Crippen molar-refractivity contribution >= 4 is 45.1 Å². The van der Waals surface area contributed by atoms with Crippen LogP contribution >= 0.6 is 11.3 Å². The highest BCUT2D eigenvalue weighted by molar-refractivity contribution is 7.15. The summed E-state index contributed by atoms with van der Waals surface area (Å²) in [5.74, 6) is -0.291. The van der Waals surface area contributed by atoms with Gasteiger partial charge in [-0.25, -0.2) is 0 Å². The van der Waals surface area contributed by atoms with Gasteiger partial charge in [-0.3, -0.25) is 19.3 Å². The second-order valence-corrected chi connectivity index (χ2v) is 8.91. The summed E-state index contributed by atoms with van der Waals surface area (Å²) in [6.07, 6.45) is 0. The van der Waals surface area contributed by atoms with Crippen molar-refractivity contribution in [1.82, 2.24) is 14.6 Å². The van der Waals surface area contributed by atoms with Crippen LogP contribution in [0.3, 0.4) is 0 Å². The first-order valence-electron chi connectivity index (χ1n) is 10.9. The zero-order valence-electron chi connectivity index (χ0n) is 18.2. The Labute approximate surface area is 202 Å². The summed E-state index contributed by atoms with van der Waals surface area (Å²) in [5.41, 5.74) is 2.48. The number of thiazole rings is 1.